The molecule has 0 spiro atoms. The Hall–Kier alpha value is -4.05. The van der Waals surface area contributed by atoms with Crippen LogP contribution in [0, 0.1) is 5.82 Å². The third-order valence-electron chi connectivity index (χ3n) is 6.46. The van der Waals surface area contributed by atoms with E-state index in [0.717, 1.165) is 35.1 Å². The van der Waals surface area contributed by atoms with Crippen molar-refractivity contribution in [3.63, 3.8) is 0 Å². The summed E-state index contributed by atoms with van der Waals surface area (Å²) in [4.78, 5) is 16.4. The predicted molar refractivity (Wildman–Crippen MR) is 143 cm³/mol. The molecule has 3 N–H and O–H groups in total. The Kier molecular flexibility index (Phi) is 7.85. The molecule has 0 bridgehead atoms. The van der Waals surface area contributed by atoms with Gasteiger partial charge in [-0.15, -0.1) is 0 Å². The number of likely N-dealkylation sites (tertiary alicyclic amines) is 1. The van der Waals surface area contributed by atoms with Gasteiger partial charge in [-0.2, -0.15) is 5.10 Å². The van der Waals surface area contributed by atoms with Crippen LogP contribution in [0.25, 0.3) is 10.9 Å². The number of nitrogen functional groups attached to an aromatic ring is 1. The second-order valence-corrected chi connectivity index (χ2v) is 9.18. The lowest BCUT2D eigenvalue weighted by atomic mass is 10.1. The molecule has 10 heteroatoms. The quantitative estimate of drug-likeness (QED) is 0.186. The number of hydrogen-bond acceptors (Lipinski definition) is 8. The zero-order valence-corrected chi connectivity index (χ0v) is 20.7. The van der Waals surface area contributed by atoms with Gasteiger partial charge >= 0.3 is 0 Å². The summed E-state index contributed by atoms with van der Waals surface area (Å²) >= 11 is 0. The van der Waals surface area contributed by atoms with Gasteiger partial charge in [-0.3, -0.25) is 4.68 Å². The number of benzene rings is 2. The standard InChI is InChI=1S/C27H31FN8O/c28-22-7-4-6-20(14-22)18-36-25-9-8-23(15-21(25)16-32-36)34-27-24(26(29)30-19-31-27)17-33-37-13-5-12-35-10-2-1-3-11-35/h4,6-9,14-17,19H,1-3,5,10-13,18H2,(H3,29,30,31,34). The lowest BCUT2D eigenvalue weighted by molar-refractivity contribution is 0.125. The molecule has 1 fully saturated rings. The first-order chi connectivity index (χ1) is 18.2. The summed E-state index contributed by atoms with van der Waals surface area (Å²) in [6.45, 7) is 4.40. The molecule has 2 aromatic heterocycles. The third kappa shape index (κ3) is 6.39. The molecule has 0 radical (unpaired) electrons. The summed E-state index contributed by atoms with van der Waals surface area (Å²) in [5.74, 6) is 0.577. The van der Waals surface area contributed by atoms with Gasteiger partial charge in [0.15, 0.2) is 0 Å². The van der Waals surface area contributed by atoms with E-state index >= 15 is 0 Å². The molecule has 9 nitrogen and oxygen atoms in total. The molecule has 0 unspecified atom stereocenters. The number of oxime groups is 1. The molecule has 192 valence electrons. The van der Waals surface area contributed by atoms with E-state index in [1.807, 2.05) is 28.9 Å². The molecule has 0 saturated carbocycles. The number of nitrogens with one attached hydrogen (secondary N) is 1. The summed E-state index contributed by atoms with van der Waals surface area (Å²) in [6, 6.07) is 12.4. The number of nitrogens with two attached hydrogens (primary N) is 1. The molecule has 4 aromatic rings. The topological polar surface area (TPSA) is 106 Å². The average molecular weight is 503 g/mol. The summed E-state index contributed by atoms with van der Waals surface area (Å²) in [7, 11) is 0. The molecule has 2 aromatic carbocycles. The molecule has 1 aliphatic rings. The van der Waals surface area contributed by atoms with Crippen LogP contribution >= 0.6 is 0 Å². The van der Waals surface area contributed by atoms with Crippen molar-refractivity contribution in [1.82, 2.24) is 24.6 Å². The van der Waals surface area contributed by atoms with E-state index in [-0.39, 0.29) is 5.82 Å². The van der Waals surface area contributed by atoms with Crippen LogP contribution in [0.1, 0.15) is 36.8 Å². The molecule has 3 heterocycles. The Labute approximate surface area is 215 Å². The van der Waals surface area contributed by atoms with Gasteiger partial charge in [0.2, 0.25) is 0 Å². The van der Waals surface area contributed by atoms with Crippen LogP contribution in [0.3, 0.4) is 0 Å². The lowest BCUT2D eigenvalue weighted by Gasteiger charge is -2.25. The molecule has 5 rings (SSSR count). The van der Waals surface area contributed by atoms with Crippen LogP contribution in [0.5, 0.6) is 0 Å². The van der Waals surface area contributed by atoms with Crippen LogP contribution in [0.15, 0.2) is 60.1 Å². The highest BCUT2D eigenvalue weighted by molar-refractivity contribution is 5.93. The third-order valence-corrected chi connectivity index (χ3v) is 6.46. The van der Waals surface area contributed by atoms with Gasteiger partial charge in [-0.1, -0.05) is 23.7 Å². The maximum Gasteiger partial charge on any atom is 0.144 e. The van der Waals surface area contributed by atoms with E-state index in [4.69, 9.17) is 10.6 Å². The van der Waals surface area contributed by atoms with Gasteiger partial charge in [-0.25, -0.2) is 14.4 Å². The number of piperidine rings is 1. The van der Waals surface area contributed by atoms with Crippen molar-refractivity contribution in [3.05, 3.63) is 71.9 Å². The molecule has 1 saturated heterocycles. The Bertz CT molecular complexity index is 1370. The fraction of sp³-hybridized carbons (Fsp3) is 0.333. The van der Waals surface area contributed by atoms with E-state index in [1.54, 1.807) is 18.5 Å². The highest BCUT2D eigenvalue weighted by Crippen LogP contribution is 2.25. The number of hydrogen-bond donors (Lipinski definition) is 2. The normalized spacial score (nSPS) is 14.4. The van der Waals surface area contributed by atoms with Crippen molar-refractivity contribution in [2.75, 3.05) is 37.3 Å². The van der Waals surface area contributed by atoms with Gasteiger partial charge in [0.05, 0.1) is 30.0 Å². The molecule has 1 aliphatic heterocycles. The summed E-state index contributed by atoms with van der Waals surface area (Å²) < 4.78 is 15.4. The minimum atomic E-state index is -0.258. The number of anilines is 3. The fourth-order valence-corrected chi connectivity index (χ4v) is 4.55. The van der Waals surface area contributed by atoms with Crippen LogP contribution in [0.4, 0.5) is 21.7 Å². The molecular formula is C27H31FN8O. The molecule has 0 amide bonds. The zero-order chi connectivity index (χ0) is 25.5. The van der Waals surface area contributed by atoms with Crippen molar-refractivity contribution in [1.29, 1.82) is 0 Å². The SMILES string of the molecule is Nc1ncnc(Nc2ccc3c(cnn3Cc3cccc(F)c3)c2)c1C=NOCCCN1CCCCC1. The van der Waals surface area contributed by atoms with E-state index in [1.165, 1.54) is 50.8 Å². The van der Waals surface area contributed by atoms with Crippen LogP contribution in [-0.2, 0) is 11.4 Å². The zero-order valence-electron chi connectivity index (χ0n) is 20.7. The molecule has 0 atom stereocenters. The largest absolute Gasteiger partial charge is 0.396 e. The van der Waals surface area contributed by atoms with Crippen molar-refractivity contribution in [3.8, 4) is 0 Å². The maximum absolute atomic E-state index is 13.6. The van der Waals surface area contributed by atoms with Crippen molar-refractivity contribution in [2.24, 2.45) is 5.16 Å². The number of nitrogens with zero attached hydrogens (tertiary/aromatic N) is 6. The first kappa shape index (κ1) is 24.6. The minimum Gasteiger partial charge on any atom is -0.396 e. The van der Waals surface area contributed by atoms with Crippen LogP contribution in [0.2, 0.25) is 0 Å². The van der Waals surface area contributed by atoms with E-state index in [0.29, 0.717) is 30.4 Å². The Morgan fingerprint density at radius 1 is 1.11 bits per heavy atom. The van der Waals surface area contributed by atoms with Gasteiger partial charge in [0, 0.05) is 17.6 Å². The highest BCUT2D eigenvalue weighted by Gasteiger charge is 2.11. The molecule has 0 aliphatic carbocycles. The summed E-state index contributed by atoms with van der Waals surface area (Å²) in [5.41, 5.74) is 9.27. The molecular weight excluding hydrogens is 471 g/mol. The second-order valence-electron chi connectivity index (χ2n) is 9.18. The Balaban J connectivity index is 1.22. The van der Waals surface area contributed by atoms with E-state index in [2.05, 4.69) is 30.4 Å². The van der Waals surface area contributed by atoms with Crippen LogP contribution < -0.4 is 11.1 Å². The second kappa shape index (κ2) is 11.8. The van der Waals surface area contributed by atoms with Crippen LogP contribution in [-0.4, -0.2) is 57.1 Å². The number of halogens is 1. The van der Waals surface area contributed by atoms with E-state index in [9.17, 15) is 4.39 Å². The first-order valence-electron chi connectivity index (χ1n) is 12.6. The maximum atomic E-state index is 13.6. The fourth-order valence-electron chi connectivity index (χ4n) is 4.55. The predicted octanol–water partition coefficient (Wildman–Crippen LogP) is 4.57. The number of aromatic nitrogens is 4. The summed E-state index contributed by atoms with van der Waals surface area (Å²) in [5, 5.41) is 12.8. The smallest absolute Gasteiger partial charge is 0.144 e. The van der Waals surface area contributed by atoms with Crippen molar-refractivity contribution < 1.29 is 9.23 Å². The monoisotopic (exact) mass is 502 g/mol. The van der Waals surface area contributed by atoms with Crippen molar-refractivity contribution >= 4 is 34.4 Å². The Morgan fingerprint density at radius 3 is 2.86 bits per heavy atom. The summed E-state index contributed by atoms with van der Waals surface area (Å²) in [6.07, 6.45) is 9.57. The van der Waals surface area contributed by atoms with Gasteiger partial charge in [-0.05, 0) is 68.2 Å². The number of fused-ring (bicyclic) bond motifs is 1. The van der Waals surface area contributed by atoms with Gasteiger partial charge < -0.3 is 20.8 Å². The van der Waals surface area contributed by atoms with Crippen molar-refractivity contribution in [2.45, 2.75) is 32.2 Å². The lowest BCUT2D eigenvalue weighted by Crippen LogP contribution is -2.31. The van der Waals surface area contributed by atoms with Gasteiger partial charge in [0.1, 0.15) is 30.4 Å². The van der Waals surface area contributed by atoms with E-state index < -0.39 is 0 Å². The minimum absolute atomic E-state index is 0.258. The first-order valence-corrected chi connectivity index (χ1v) is 12.6. The highest BCUT2D eigenvalue weighted by atomic mass is 19.1. The average Bonchev–Trinajstić information content (AvgIpc) is 3.30. The number of rotatable bonds is 10. The molecule has 37 heavy (non-hydrogen) atoms. The Morgan fingerprint density at radius 2 is 2.00 bits per heavy atom. The van der Waals surface area contributed by atoms with Gasteiger partial charge in [0.25, 0.3) is 0 Å².